The summed E-state index contributed by atoms with van der Waals surface area (Å²) in [5.74, 6) is -0.823. The van der Waals surface area contributed by atoms with Gasteiger partial charge in [0.25, 0.3) is 5.91 Å². The Bertz CT molecular complexity index is 504. The van der Waals surface area contributed by atoms with Crippen LogP contribution in [0.25, 0.3) is 0 Å². The molecule has 1 aliphatic heterocycles. The third-order valence-electron chi connectivity index (χ3n) is 3.20. The van der Waals surface area contributed by atoms with Gasteiger partial charge in [-0.25, -0.2) is 4.39 Å². The van der Waals surface area contributed by atoms with Gasteiger partial charge in [-0.05, 0) is 37.5 Å². The number of nitrogens with two attached hydrogens (primary N) is 1. The largest absolute Gasteiger partial charge is 0.392 e. The zero-order chi connectivity index (χ0) is 13.3. The summed E-state index contributed by atoms with van der Waals surface area (Å²) in [7, 11) is 0. The Hall–Kier alpha value is -1.49. The Morgan fingerprint density at radius 2 is 2.28 bits per heavy atom. The quantitative estimate of drug-likeness (QED) is 0.833. The molecule has 1 heterocycles. The number of amides is 1. The monoisotopic (exact) mass is 266 g/mol. The van der Waals surface area contributed by atoms with Crippen LogP contribution in [0.5, 0.6) is 0 Å². The molecule has 0 radical (unpaired) electrons. The lowest BCUT2D eigenvalue weighted by atomic mass is 10.1. The maximum absolute atomic E-state index is 13.8. The fourth-order valence-corrected chi connectivity index (χ4v) is 2.50. The highest BCUT2D eigenvalue weighted by Gasteiger charge is 2.32. The molecular formula is C13H15FN2OS. The predicted octanol–water partition coefficient (Wildman–Crippen LogP) is 2.02. The van der Waals surface area contributed by atoms with E-state index < -0.39 is 5.82 Å². The van der Waals surface area contributed by atoms with E-state index in [0.29, 0.717) is 11.5 Å². The second-order valence-electron chi connectivity index (χ2n) is 4.54. The lowest BCUT2D eigenvalue weighted by molar-refractivity contribution is 0.0765. The summed E-state index contributed by atoms with van der Waals surface area (Å²) < 4.78 is 13.8. The number of carbonyl (C=O) groups excluding carboxylic acids is 1. The topological polar surface area (TPSA) is 46.3 Å². The van der Waals surface area contributed by atoms with Gasteiger partial charge in [0.2, 0.25) is 0 Å². The molecule has 1 unspecified atom stereocenters. The van der Waals surface area contributed by atoms with E-state index in [1.54, 1.807) is 17.9 Å². The van der Waals surface area contributed by atoms with Crippen molar-refractivity contribution < 1.29 is 9.18 Å². The molecule has 1 aromatic carbocycles. The highest BCUT2D eigenvalue weighted by molar-refractivity contribution is 7.80. The van der Waals surface area contributed by atoms with Crippen LogP contribution in [-0.4, -0.2) is 28.4 Å². The fourth-order valence-electron chi connectivity index (χ4n) is 2.25. The standard InChI is InChI=1S/C13H15FN2OS/c1-8-4-5-9(10(14)7-8)13(17)16-6-2-3-11(16)12(15)18/h4-5,7,11H,2-3,6H2,1H3,(H2,15,18). The Kier molecular flexibility index (Phi) is 3.61. The van der Waals surface area contributed by atoms with E-state index in [1.807, 2.05) is 0 Å². The molecule has 1 aliphatic rings. The molecule has 1 amide bonds. The minimum Gasteiger partial charge on any atom is -0.392 e. The molecule has 0 bridgehead atoms. The van der Waals surface area contributed by atoms with Crippen molar-refractivity contribution in [1.29, 1.82) is 0 Å². The van der Waals surface area contributed by atoms with Crippen LogP contribution in [0.4, 0.5) is 4.39 Å². The first-order valence-electron chi connectivity index (χ1n) is 5.87. The second-order valence-corrected chi connectivity index (χ2v) is 5.01. The molecule has 0 saturated carbocycles. The van der Waals surface area contributed by atoms with Gasteiger partial charge in [-0.15, -0.1) is 0 Å². The average Bonchev–Trinajstić information content (AvgIpc) is 2.77. The van der Waals surface area contributed by atoms with Crippen molar-refractivity contribution in [3.05, 3.63) is 35.1 Å². The van der Waals surface area contributed by atoms with Gasteiger partial charge >= 0.3 is 0 Å². The van der Waals surface area contributed by atoms with E-state index >= 15 is 0 Å². The van der Waals surface area contributed by atoms with E-state index in [1.165, 1.54) is 12.1 Å². The van der Waals surface area contributed by atoms with Gasteiger partial charge in [0.05, 0.1) is 16.6 Å². The molecule has 96 valence electrons. The summed E-state index contributed by atoms with van der Waals surface area (Å²) in [5.41, 5.74) is 6.49. The molecule has 1 atom stereocenters. The van der Waals surface area contributed by atoms with E-state index in [4.69, 9.17) is 18.0 Å². The summed E-state index contributed by atoms with van der Waals surface area (Å²) in [5, 5.41) is 0. The van der Waals surface area contributed by atoms with Gasteiger partial charge in [-0.2, -0.15) is 0 Å². The average molecular weight is 266 g/mol. The number of carbonyl (C=O) groups is 1. The van der Waals surface area contributed by atoms with Crippen molar-refractivity contribution in [2.45, 2.75) is 25.8 Å². The van der Waals surface area contributed by atoms with Crippen LogP contribution < -0.4 is 5.73 Å². The third kappa shape index (κ3) is 2.36. The first-order valence-corrected chi connectivity index (χ1v) is 6.28. The maximum atomic E-state index is 13.8. The third-order valence-corrected chi connectivity index (χ3v) is 3.47. The highest BCUT2D eigenvalue weighted by Crippen LogP contribution is 2.22. The summed E-state index contributed by atoms with van der Waals surface area (Å²) in [4.78, 5) is 14.1. The van der Waals surface area contributed by atoms with Gasteiger partial charge < -0.3 is 10.6 Å². The van der Waals surface area contributed by atoms with Crippen molar-refractivity contribution >= 4 is 23.1 Å². The molecule has 1 aromatic rings. The number of thiocarbonyl (C=S) groups is 1. The van der Waals surface area contributed by atoms with Crippen molar-refractivity contribution in [1.82, 2.24) is 4.90 Å². The fraction of sp³-hybridized carbons (Fsp3) is 0.385. The molecule has 0 spiro atoms. The van der Waals surface area contributed by atoms with Crippen LogP contribution in [0.3, 0.4) is 0 Å². The van der Waals surface area contributed by atoms with Crippen LogP contribution in [0, 0.1) is 12.7 Å². The van der Waals surface area contributed by atoms with Crippen LogP contribution in [0.1, 0.15) is 28.8 Å². The van der Waals surface area contributed by atoms with Crippen LogP contribution >= 0.6 is 12.2 Å². The number of hydrogen-bond acceptors (Lipinski definition) is 2. The second kappa shape index (κ2) is 5.02. The number of hydrogen-bond donors (Lipinski definition) is 1. The minimum absolute atomic E-state index is 0.0868. The Balaban J connectivity index is 2.28. The van der Waals surface area contributed by atoms with E-state index in [9.17, 15) is 9.18 Å². The Morgan fingerprint density at radius 1 is 1.56 bits per heavy atom. The van der Waals surface area contributed by atoms with Crippen molar-refractivity contribution in [3.63, 3.8) is 0 Å². The Labute approximate surface area is 111 Å². The van der Waals surface area contributed by atoms with Gasteiger partial charge in [0.1, 0.15) is 5.82 Å². The Morgan fingerprint density at radius 3 is 2.89 bits per heavy atom. The molecule has 2 rings (SSSR count). The first kappa shape index (κ1) is 13.0. The van der Waals surface area contributed by atoms with Gasteiger partial charge in [0.15, 0.2) is 0 Å². The number of aryl methyl sites for hydroxylation is 1. The number of benzene rings is 1. The number of rotatable bonds is 2. The normalized spacial score (nSPS) is 19.0. The number of halogens is 1. The predicted molar refractivity (Wildman–Crippen MR) is 72.0 cm³/mol. The summed E-state index contributed by atoms with van der Waals surface area (Å²) in [6.07, 6.45) is 1.61. The summed E-state index contributed by atoms with van der Waals surface area (Å²) in [6, 6.07) is 4.36. The maximum Gasteiger partial charge on any atom is 0.257 e. The van der Waals surface area contributed by atoms with Crippen LogP contribution in [-0.2, 0) is 0 Å². The highest BCUT2D eigenvalue weighted by atomic mass is 32.1. The molecule has 2 N–H and O–H groups in total. The zero-order valence-electron chi connectivity index (χ0n) is 10.1. The van der Waals surface area contributed by atoms with E-state index in [0.717, 1.165) is 18.4 Å². The molecule has 1 saturated heterocycles. The van der Waals surface area contributed by atoms with Gasteiger partial charge in [0, 0.05) is 6.54 Å². The van der Waals surface area contributed by atoms with Crippen molar-refractivity contribution in [2.75, 3.05) is 6.54 Å². The lowest BCUT2D eigenvalue weighted by Gasteiger charge is -2.24. The van der Waals surface area contributed by atoms with E-state index in [-0.39, 0.29) is 17.5 Å². The molecule has 5 heteroatoms. The molecule has 0 aromatic heterocycles. The van der Waals surface area contributed by atoms with Crippen molar-refractivity contribution in [2.24, 2.45) is 5.73 Å². The SMILES string of the molecule is Cc1ccc(C(=O)N2CCCC2C(N)=S)c(F)c1. The molecule has 0 aliphatic carbocycles. The summed E-state index contributed by atoms with van der Waals surface area (Å²) >= 11 is 4.95. The first-order chi connectivity index (χ1) is 8.50. The van der Waals surface area contributed by atoms with Gasteiger partial charge in [-0.3, -0.25) is 4.79 Å². The summed E-state index contributed by atoms with van der Waals surface area (Å²) in [6.45, 7) is 2.36. The van der Waals surface area contributed by atoms with E-state index in [2.05, 4.69) is 0 Å². The molecule has 3 nitrogen and oxygen atoms in total. The smallest absolute Gasteiger partial charge is 0.257 e. The van der Waals surface area contributed by atoms with Crippen LogP contribution in [0.15, 0.2) is 18.2 Å². The van der Waals surface area contributed by atoms with Crippen LogP contribution in [0.2, 0.25) is 0 Å². The number of likely N-dealkylation sites (tertiary alicyclic amines) is 1. The molecule has 1 fully saturated rings. The minimum atomic E-state index is -0.492. The number of nitrogens with zero attached hydrogens (tertiary/aromatic N) is 1. The molecule has 18 heavy (non-hydrogen) atoms. The molecular weight excluding hydrogens is 251 g/mol. The van der Waals surface area contributed by atoms with Gasteiger partial charge in [-0.1, -0.05) is 18.3 Å². The lowest BCUT2D eigenvalue weighted by Crippen LogP contribution is -2.43. The van der Waals surface area contributed by atoms with Crippen molar-refractivity contribution in [3.8, 4) is 0 Å². The zero-order valence-corrected chi connectivity index (χ0v) is 11.0.